The summed E-state index contributed by atoms with van der Waals surface area (Å²) in [5.74, 6) is 1.26. The van der Waals surface area contributed by atoms with Crippen molar-refractivity contribution in [2.75, 3.05) is 31.6 Å². The Morgan fingerprint density at radius 3 is 2.46 bits per heavy atom. The lowest BCUT2D eigenvalue weighted by molar-refractivity contribution is 0.221. The van der Waals surface area contributed by atoms with E-state index >= 15 is 0 Å². The predicted molar refractivity (Wildman–Crippen MR) is 110 cm³/mol. The van der Waals surface area contributed by atoms with E-state index in [1.165, 1.54) is 5.56 Å². The van der Waals surface area contributed by atoms with E-state index < -0.39 is 0 Å². The fraction of sp³-hybridized carbons (Fsp3) is 0.381. The van der Waals surface area contributed by atoms with Crippen molar-refractivity contribution in [3.63, 3.8) is 0 Å². The van der Waals surface area contributed by atoms with Crippen LogP contribution in [-0.2, 0) is 6.54 Å². The molecule has 0 aliphatic carbocycles. The lowest BCUT2D eigenvalue weighted by Gasteiger charge is -2.18. The van der Waals surface area contributed by atoms with E-state index in [0.717, 1.165) is 36.6 Å². The summed E-state index contributed by atoms with van der Waals surface area (Å²) >= 11 is 0. The van der Waals surface area contributed by atoms with E-state index in [2.05, 4.69) is 36.0 Å². The summed E-state index contributed by atoms with van der Waals surface area (Å²) in [5.41, 5.74) is 9.18. The number of hydrogen-bond acceptors (Lipinski definition) is 3. The zero-order chi connectivity index (χ0) is 18.8. The minimum Gasteiger partial charge on any atom is -0.492 e. The van der Waals surface area contributed by atoms with Gasteiger partial charge in [-0.2, -0.15) is 0 Å². The third-order valence-corrected chi connectivity index (χ3v) is 4.28. The van der Waals surface area contributed by atoms with Gasteiger partial charge in [-0.1, -0.05) is 49.7 Å². The van der Waals surface area contributed by atoms with E-state index in [4.69, 9.17) is 10.5 Å². The third-order valence-electron chi connectivity index (χ3n) is 4.28. The third kappa shape index (κ3) is 6.41. The van der Waals surface area contributed by atoms with Crippen molar-refractivity contribution in [3.8, 4) is 5.75 Å². The number of rotatable bonds is 9. The smallest absolute Gasteiger partial charge is 0.193 e. The minimum absolute atomic E-state index is 0.395. The predicted octanol–water partition coefficient (Wildman–Crippen LogP) is 3.64. The van der Waals surface area contributed by atoms with Crippen LogP contribution in [0.5, 0.6) is 5.75 Å². The molecule has 5 nitrogen and oxygen atoms in total. The number of nitrogens with two attached hydrogens (primary N) is 1. The first-order chi connectivity index (χ1) is 12.6. The molecule has 0 fully saturated rings. The van der Waals surface area contributed by atoms with Gasteiger partial charge in [0.05, 0.1) is 6.54 Å². The molecule has 3 N–H and O–H groups in total. The molecule has 2 aromatic rings. The molecule has 0 saturated heterocycles. The van der Waals surface area contributed by atoms with E-state index in [9.17, 15) is 0 Å². The SMILES string of the molecule is CCN(CC)CCOc1ccccc1CN=C(N)Nc1ccc(C)cc1. The summed E-state index contributed by atoms with van der Waals surface area (Å²) in [6, 6.07) is 16.0. The van der Waals surface area contributed by atoms with Crippen LogP contribution >= 0.6 is 0 Å². The summed E-state index contributed by atoms with van der Waals surface area (Å²) in [5, 5.41) is 3.11. The maximum atomic E-state index is 6.01. The molecule has 0 saturated carbocycles. The van der Waals surface area contributed by atoms with Gasteiger partial charge >= 0.3 is 0 Å². The Morgan fingerprint density at radius 1 is 1.08 bits per heavy atom. The molecule has 0 unspecified atom stereocenters. The molecular formula is C21H30N4O. The molecule has 0 aromatic heterocycles. The van der Waals surface area contributed by atoms with Crippen LogP contribution in [-0.4, -0.2) is 37.1 Å². The highest BCUT2D eigenvalue weighted by molar-refractivity contribution is 5.92. The van der Waals surface area contributed by atoms with Gasteiger partial charge in [-0.15, -0.1) is 0 Å². The van der Waals surface area contributed by atoms with Crippen molar-refractivity contribution in [1.29, 1.82) is 0 Å². The Kier molecular flexibility index (Phi) is 7.96. The zero-order valence-corrected chi connectivity index (χ0v) is 16.0. The van der Waals surface area contributed by atoms with Crippen LogP contribution < -0.4 is 15.8 Å². The van der Waals surface area contributed by atoms with Crippen LogP contribution in [0.1, 0.15) is 25.0 Å². The first-order valence-corrected chi connectivity index (χ1v) is 9.19. The number of nitrogens with zero attached hydrogens (tertiary/aromatic N) is 2. The van der Waals surface area contributed by atoms with Gasteiger partial charge in [0.25, 0.3) is 0 Å². The quantitative estimate of drug-likeness (QED) is 0.533. The van der Waals surface area contributed by atoms with Crippen molar-refractivity contribution in [1.82, 2.24) is 4.90 Å². The molecule has 2 rings (SSSR count). The number of aryl methyl sites for hydroxylation is 1. The van der Waals surface area contributed by atoms with Crippen molar-refractivity contribution in [2.45, 2.75) is 27.3 Å². The summed E-state index contributed by atoms with van der Waals surface area (Å²) in [7, 11) is 0. The number of nitrogens with one attached hydrogen (secondary N) is 1. The standard InChI is InChI=1S/C21H30N4O/c1-4-25(5-2)14-15-26-20-9-7-6-8-18(20)16-23-21(22)24-19-12-10-17(3)11-13-19/h6-13H,4-5,14-16H2,1-3H3,(H3,22,23,24). The summed E-state index contributed by atoms with van der Waals surface area (Å²) in [6.45, 7) is 10.5. The maximum Gasteiger partial charge on any atom is 0.193 e. The maximum absolute atomic E-state index is 6.01. The van der Waals surface area contributed by atoms with Crippen LogP contribution in [0.4, 0.5) is 5.69 Å². The molecule has 2 aromatic carbocycles. The Hall–Kier alpha value is -2.53. The average Bonchev–Trinajstić information content (AvgIpc) is 2.66. The van der Waals surface area contributed by atoms with Crippen LogP contribution in [0.15, 0.2) is 53.5 Å². The summed E-state index contributed by atoms with van der Waals surface area (Å²) in [6.07, 6.45) is 0. The molecule has 0 atom stereocenters. The number of benzene rings is 2. The number of aliphatic imine (C=N–C) groups is 1. The highest BCUT2D eigenvalue weighted by Gasteiger charge is 2.05. The van der Waals surface area contributed by atoms with Gasteiger partial charge in [0, 0.05) is 17.8 Å². The van der Waals surface area contributed by atoms with Crippen LogP contribution in [0.3, 0.4) is 0 Å². The van der Waals surface area contributed by atoms with Gasteiger partial charge in [0.1, 0.15) is 12.4 Å². The molecule has 0 heterocycles. The Balaban J connectivity index is 1.92. The highest BCUT2D eigenvalue weighted by Crippen LogP contribution is 2.19. The lowest BCUT2D eigenvalue weighted by atomic mass is 10.2. The van der Waals surface area contributed by atoms with Crippen molar-refractivity contribution < 1.29 is 4.74 Å². The Labute approximate surface area is 156 Å². The number of hydrogen-bond donors (Lipinski definition) is 2. The van der Waals surface area contributed by atoms with Crippen LogP contribution in [0.25, 0.3) is 0 Å². The number of guanidine groups is 1. The van der Waals surface area contributed by atoms with Crippen molar-refractivity contribution in [3.05, 3.63) is 59.7 Å². The average molecular weight is 354 g/mol. The molecule has 0 bridgehead atoms. The van der Waals surface area contributed by atoms with E-state index in [0.29, 0.717) is 19.1 Å². The number of anilines is 1. The van der Waals surface area contributed by atoms with E-state index in [1.807, 2.05) is 48.5 Å². The number of para-hydroxylation sites is 1. The largest absolute Gasteiger partial charge is 0.492 e. The van der Waals surface area contributed by atoms with Gasteiger partial charge in [-0.25, -0.2) is 4.99 Å². The van der Waals surface area contributed by atoms with Crippen LogP contribution in [0.2, 0.25) is 0 Å². The first kappa shape index (κ1) is 19.8. The fourth-order valence-electron chi connectivity index (χ4n) is 2.59. The number of ether oxygens (including phenoxy) is 1. The molecule has 0 spiro atoms. The van der Waals surface area contributed by atoms with E-state index in [1.54, 1.807) is 0 Å². The molecule has 26 heavy (non-hydrogen) atoms. The van der Waals surface area contributed by atoms with Gasteiger partial charge in [0.2, 0.25) is 0 Å². The Bertz CT molecular complexity index is 693. The first-order valence-electron chi connectivity index (χ1n) is 9.19. The van der Waals surface area contributed by atoms with Crippen molar-refractivity contribution in [2.24, 2.45) is 10.7 Å². The second-order valence-corrected chi connectivity index (χ2v) is 6.18. The van der Waals surface area contributed by atoms with Crippen LogP contribution in [0, 0.1) is 6.92 Å². The number of likely N-dealkylation sites (N-methyl/N-ethyl adjacent to an activating group) is 1. The summed E-state index contributed by atoms with van der Waals surface area (Å²) in [4.78, 5) is 6.78. The zero-order valence-electron chi connectivity index (χ0n) is 16.0. The van der Waals surface area contributed by atoms with Gasteiger partial charge in [-0.05, 0) is 38.2 Å². The highest BCUT2D eigenvalue weighted by atomic mass is 16.5. The molecular weight excluding hydrogens is 324 g/mol. The molecule has 0 radical (unpaired) electrons. The van der Waals surface area contributed by atoms with Gasteiger partial charge in [0.15, 0.2) is 5.96 Å². The van der Waals surface area contributed by atoms with Gasteiger partial charge in [-0.3, -0.25) is 0 Å². The second-order valence-electron chi connectivity index (χ2n) is 6.18. The second kappa shape index (κ2) is 10.5. The molecule has 0 aliphatic heterocycles. The minimum atomic E-state index is 0.395. The summed E-state index contributed by atoms with van der Waals surface area (Å²) < 4.78 is 5.96. The normalized spacial score (nSPS) is 11.6. The lowest BCUT2D eigenvalue weighted by Crippen LogP contribution is -2.28. The van der Waals surface area contributed by atoms with E-state index in [-0.39, 0.29) is 0 Å². The van der Waals surface area contributed by atoms with Gasteiger partial charge < -0.3 is 20.7 Å². The molecule has 140 valence electrons. The molecule has 0 amide bonds. The monoisotopic (exact) mass is 354 g/mol. The van der Waals surface area contributed by atoms with Crippen molar-refractivity contribution >= 4 is 11.6 Å². The fourth-order valence-corrected chi connectivity index (χ4v) is 2.59. The topological polar surface area (TPSA) is 62.9 Å². The Morgan fingerprint density at radius 2 is 1.77 bits per heavy atom. The molecule has 5 heteroatoms. The molecule has 0 aliphatic rings.